The van der Waals surface area contributed by atoms with E-state index in [2.05, 4.69) is 42.7 Å². The summed E-state index contributed by atoms with van der Waals surface area (Å²) in [5.41, 5.74) is 2.10. The molecule has 0 aromatic heterocycles. The minimum absolute atomic E-state index is 0.0422. The van der Waals surface area contributed by atoms with Crippen LogP contribution in [-0.4, -0.2) is 35.0 Å². The van der Waals surface area contributed by atoms with Gasteiger partial charge in [0, 0.05) is 7.05 Å². The Morgan fingerprint density at radius 1 is 1.40 bits per heavy atom. The van der Waals surface area contributed by atoms with E-state index in [0.717, 1.165) is 24.0 Å². The largest absolute Gasteiger partial charge is 0.314 e. The zero-order chi connectivity index (χ0) is 16.1. The number of hydrogen-bond acceptors (Lipinski definition) is 2. The van der Waals surface area contributed by atoms with Gasteiger partial charge in [0.2, 0.25) is 0 Å². The van der Waals surface area contributed by atoms with Gasteiger partial charge in [-0.3, -0.25) is 0 Å². The van der Waals surface area contributed by atoms with Crippen LogP contribution in [0.1, 0.15) is 47.5 Å². The monoisotopic (exact) mass is 299 g/mol. The van der Waals surface area contributed by atoms with Gasteiger partial charge in [-0.15, -0.1) is 0 Å². The fourth-order valence-electron chi connectivity index (χ4n) is 1.46. The Kier molecular flexibility index (Phi) is 14.5. The Bertz CT molecular complexity index is 354. The first-order valence-corrected chi connectivity index (χ1v) is 9.07. The van der Waals surface area contributed by atoms with E-state index in [0.29, 0.717) is 0 Å². The summed E-state index contributed by atoms with van der Waals surface area (Å²) in [4.78, 5) is 0. The summed E-state index contributed by atoms with van der Waals surface area (Å²) in [6, 6.07) is -0.0422. The number of allylic oxidation sites excluding steroid dienone is 2. The van der Waals surface area contributed by atoms with Crippen LogP contribution in [0.2, 0.25) is 0 Å². The first kappa shape index (κ1) is 21.7. The average molecular weight is 300 g/mol. The molecular weight excluding hydrogens is 266 g/mol. The van der Waals surface area contributed by atoms with Crippen molar-refractivity contribution in [2.45, 2.75) is 53.5 Å². The van der Waals surface area contributed by atoms with Crippen molar-refractivity contribution in [3.05, 3.63) is 35.3 Å². The van der Waals surface area contributed by atoms with E-state index in [-0.39, 0.29) is 16.5 Å². The molecule has 20 heavy (non-hydrogen) atoms. The molecule has 2 nitrogen and oxygen atoms in total. The first-order chi connectivity index (χ1) is 9.40. The van der Waals surface area contributed by atoms with Crippen molar-refractivity contribution in [2.24, 2.45) is 0 Å². The number of likely N-dealkylation sites (N-methyl/N-ethyl adjacent to an activating group) is 1. The van der Waals surface area contributed by atoms with E-state index < -0.39 is 0 Å². The van der Waals surface area contributed by atoms with Crippen LogP contribution < -0.4 is 0 Å². The van der Waals surface area contributed by atoms with Gasteiger partial charge in [-0.25, -0.2) is 0 Å². The lowest BCUT2D eigenvalue weighted by Gasteiger charge is -2.20. The minimum atomic E-state index is -0.0422. The molecule has 2 atom stereocenters. The van der Waals surface area contributed by atoms with Gasteiger partial charge >= 0.3 is 0 Å². The molecule has 2 unspecified atom stereocenters. The molecule has 0 aliphatic carbocycles. The second-order valence-corrected chi connectivity index (χ2v) is 6.27. The van der Waals surface area contributed by atoms with Gasteiger partial charge < -0.3 is 5.21 Å². The third-order valence-corrected chi connectivity index (χ3v) is 4.35. The maximum atomic E-state index is 9.37. The highest BCUT2D eigenvalue weighted by atomic mass is 32.2. The summed E-state index contributed by atoms with van der Waals surface area (Å²) in [7, 11) is 1.93. The van der Waals surface area contributed by atoms with E-state index in [4.69, 9.17) is 0 Å². The third-order valence-electron chi connectivity index (χ3n) is 2.87. The summed E-state index contributed by atoms with van der Waals surface area (Å²) in [6.45, 7) is 14.2. The van der Waals surface area contributed by atoms with Crippen LogP contribution in [0.5, 0.6) is 0 Å². The topological polar surface area (TPSA) is 23.5 Å². The normalized spacial score (nSPS) is 15.2. The van der Waals surface area contributed by atoms with Crippen molar-refractivity contribution in [1.29, 1.82) is 0 Å². The Balaban J connectivity index is 0. The lowest BCUT2D eigenvalue weighted by Crippen LogP contribution is -2.27. The Hall–Kier alpha value is -0.640. The molecule has 0 spiro atoms. The van der Waals surface area contributed by atoms with Gasteiger partial charge in [0.15, 0.2) is 0 Å². The molecule has 118 valence electrons. The van der Waals surface area contributed by atoms with Crippen LogP contribution in [-0.2, 0) is 0 Å². The van der Waals surface area contributed by atoms with E-state index >= 15 is 0 Å². The van der Waals surface area contributed by atoms with Crippen LogP contribution >= 0.6 is 10.5 Å². The highest BCUT2D eigenvalue weighted by Crippen LogP contribution is 2.16. The first-order valence-electron chi connectivity index (χ1n) is 7.31. The third kappa shape index (κ3) is 10.2. The van der Waals surface area contributed by atoms with Crippen LogP contribution in [0.15, 0.2) is 35.3 Å². The zero-order valence-corrected chi connectivity index (χ0v) is 15.1. The maximum absolute atomic E-state index is 9.37. The molecule has 0 aliphatic heterocycles. The molecule has 0 saturated heterocycles. The molecular formula is C17H33NOS. The number of nitrogens with zero attached hydrogens (tertiary/aromatic N) is 1. The van der Waals surface area contributed by atoms with Crippen molar-refractivity contribution < 1.29 is 5.21 Å². The quantitative estimate of drug-likeness (QED) is 0.395. The van der Waals surface area contributed by atoms with E-state index in [9.17, 15) is 5.21 Å². The van der Waals surface area contributed by atoms with Gasteiger partial charge in [0.25, 0.3) is 0 Å². The molecule has 0 saturated carbocycles. The standard InChI is InChI=1S/C15H27NOS.C2H6/c1-7-11-18(6)12-9-8-10-13(2)14(3)15(4)16(5)17;1-2/h9-12,15,17H,3,7-8H2,1-2,4-6H3;1-2H3/b12-9-,13-10-;. The number of hydrogen-bond donors (Lipinski definition) is 1. The van der Waals surface area contributed by atoms with Crippen molar-refractivity contribution in [2.75, 3.05) is 13.3 Å². The fraction of sp³-hybridized carbons (Fsp3) is 0.588. The van der Waals surface area contributed by atoms with E-state index in [1.54, 1.807) is 7.05 Å². The predicted molar refractivity (Wildman–Crippen MR) is 96.9 cm³/mol. The van der Waals surface area contributed by atoms with Crippen LogP contribution in [0, 0.1) is 0 Å². The highest BCUT2D eigenvalue weighted by Gasteiger charge is 2.10. The van der Waals surface area contributed by atoms with Crippen LogP contribution in [0.4, 0.5) is 0 Å². The van der Waals surface area contributed by atoms with Crippen molar-refractivity contribution in [1.82, 2.24) is 5.06 Å². The molecule has 0 amide bonds. The summed E-state index contributed by atoms with van der Waals surface area (Å²) in [5, 5.41) is 15.1. The summed E-state index contributed by atoms with van der Waals surface area (Å²) < 4.78 is 0. The number of rotatable bonds is 7. The van der Waals surface area contributed by atoms with Gasteiger partial charge in [0.1, 0.15) is 0 Å². The maximum Gasteiger partial charge on any atom is 0.0564 e. The van der Waals surface area contributed by atoms with Gasteiger partial charge in [0.05, 0.1) is 6.04 Å². The zero-order valence-electron chi connectivity index (χ0n) is 14.3. The van der Waals surface area contributed by atoms with Gasteiger partial charge in [-0.05, 0) is 43.9 Å². The molecule has 3 heteroatoms. The predicted octanol–water partition coefficient (Wildman–Crippen LogP) is 5.24. The second kappa shape index (κ2) is 13.3. The molecule has 0 aromatic carbocycles. The number of hydroxylamine groups is 2. The summed E-state index contributed by atoms with van der Waals surface area (Å²) in [6.07, 6.45) is 8.61. The second-order valence-electron chi connectivity index (χ2n) is 4.45. The van der Waals surface area contributed by atoms with Crippen molar-refractivity contribution in [3.8, 4) is 0 Å². The Morgan fingerprint density at radius 2 is 1.95 bits per heavy atom. The SMILES string of the molecule is C=C(/C(C)=C\C/C=C\S(C)=C/CC)C(C)N(C)O.CC. The lowest BCUT2D eigenvalue weighted by atomic mass is 10.0. The van der Waals surface area contributed by atoms with Crippen LogP contribution in [0.3, 0.4) is 0 Å². The summed E-state index contributed by atoms with van der Waals surface area (Å²) >= 11 is 0. The van der Waals surface area contributed by atoms with Crippen LogP contribution in [0.25, 0.3) is 0 Å². The lowest BCUT2D eigenvalue weighted by molar-refractivity contribution is -0.0852. The summed E-state index contributed by atoms with van der Waals surface area (Å²) in [5.74, 6) is 0. The van der Waals surface area contributed by atoms with Crippen molar-refractivity contribution >= 4 is 15.9 Å². The minimum Gasteiger partial charge on any atom is -0.314 e. The molecule has 0 radical (unpaired) electrons. The molecule has 0 fully saturated rings. The molecule has 0 heterocycles. The molecule has 1 N–H and O–H groups in total. The Morgan fingerprint density at radius 3 is 2.40 bits per heavy atom. The van der Waals surface area contributed by atoms with E-state index in [1.807, 2.05) is 27.7 Å². The fourth-order valence-corrected chi connectivity index (χ4v) is 2.51. The van der Waals surface area contributed by atoms with E-state index in [1.165, 1.54) is 5.06 Å². The average Bonchev–Trinajstić information content (AvgIpc) is 2.44. The smallest absolute Gasteiger partial charge is 0.0564 e. The molecule has 0 rings (SSSR count). The van der Waals surface area contributed by atoms with Gasteiger partial charge in [-0.1, -0.05) is 50.4 Å². The van der Waals surface area contributed by atoms with Gasteiger partial charge in [-0.2, -0.15) is 15.5 Å². The molecule has 0 aliphatic rings. The Labute approximate surface area is 128 Å². The highest BCUT2D eigenvalue weighted by molar-refractivity contribution is 8.16. The van der Waals surface area contributed by atoms with Crippen molar-refractivity contribution in [3.63, 3.8) is 0 Å². The molecule has 0 bridgehead atoms. The molecule has 0 aromatic rings.